The topological polar surface area (TPSA) is 57.8 Å². The Morgan fingerprint density at radius 1 is 1.38 bits per heavy atom. The van der Waals surface area contributed by atoms with Crippen molar-refractivity contribution in [3.63, 3.8) is 0 Å². The highest BCUT2D eigenvalue weighted by atomic mass is 35.5. The van der Waals surface area contributed by atoms with Gasteiger partial charge in [0, 0.05) is 17.6 Å². The quantitative estimate of drug-likeness (QED) is 0.856. The molecule has 0 amide bonds. The highest BCUT2D eigenvalue weighted by Crippen LogP contribution is 2.15. The van der Waals surface area contributed by atoms with Crippen LogP contribution in [-0.4, -0.2) is 9.97 Å². The molecule has 0 radical (unpaired) electrons. The van der Waals surface area contributed by atoms with Crippen molar-refractivity contribution in [2.75, 3.05) is 5.32 Å². The highest BCUT2D eigenvalue weighted by molar-refractivity contribution is 6.31. The number of aromatic nitrogens is 2. The number of hydrogen-bond donors (Lipinski definition) is 2. The van der Waals surface area contributed by atoms with Crippen LogP contribution in [0.1, 0.15) is 5.56 Å². The first-order chi connectivity index (χ1) is 7.75. The van der Waals surface area contributed by atoms with Gasteiger partial charge >= 0.3 is 0 Å². The second kappa shape index (κ2) is 4.81. The van der Waals surface area contributed by atoms with Gasteiger partial charge in [0.05, 0.1) is 6.33 Å². The first-order valence-electron chi connectivity index (χ1n) is 4.78. The summed E-state index contributed by atoms with van der Waals surface area (Å²) in [6, 6.07) is 8.93. The van der Waals surface area contributed by atoms with Gasteiger partial charge in [-0.25, -0.2) is 4.98 Å². The summed E-state index contributed by atoms with van der Waals surface area (Å²) in [6.45, 7) is 0.538. The van der Waals surface area contributed by atoms with Gasteiger partial charge in [-0.2, -0.15) is 0 Å². The molecular formula is C11H10ClN3O. The van der Waals surface area contributed by atoms with Gasteiger partial charge in [-0.15, -0.1) is 0 Å². The summed E-state index contributed by atoms with van der Waals surface area (Å²) in [6.07, 6.45) is 1.36. The van der Waals surface area contributed by atoms with Gasteiger partial charge < -0.3 is 10.3 Å². The van der Waals surface area contributed by atoms with Crippen molar-refractivity contribution in [2.24, 2.45) is 0 Å². The molecule has 82 valence electrons. The number of anilines is 1. The normalized spacial score (nSPS) is 10.1. The van der Waals surface area contributed by atoms with E-state index in [2.05, 4.69) is 15.3 Å². The smallest absolute Gasteiger partial charge is 0.252 e. The van der Waals surface area contributed by atoms with Crippen LogP contribution in [0.3, 0.4) is 0 Å². The maximum atomic E-state index is 11.0. The third kappa shape index (κ3) is 2.61. The van der Waals surface area contributed by atoms with Crippen molar-refractivity contribution in [1.82, 2.24) is 9.97 Å². The Bertz CT molecular complexity index is 539. The molecule has 16 heavy (non-hydrogen) atoms. The Hall–Kier alpha value is -1.81. The monoisotopic (exact) mass is 235 g/mol. The van der Waals surface area contributed by atoms with Gasteiger partial charge in [0.25, 0.3) is 5.56 Å². The third-order valence-corrected chi connectivity index (χ3v) is 2.46. The zero-order valence-electron chi connectivity index (χ0n) is 8.40. The van der Waals surface area contributed by atoms with Gasteiger partial charge in [0.2, 0.25) is 0 Å². The number of nitrogens with zero attached hydrogens (tertiary/aromatic N) is 1. The zero-order chi connectivity index (χ0) is 11.4. The van der Waals surface area contributed by atoms with Crippen molar-refractivity contribution in [3.8, 4) is 0 Å². The molecule has 0 saturated heterocycles. The summed E-state index contributed by atoms with van der Waals surface area (Å²) in [4.78, 5) is 17.4. The summed E-state index contributed by atoms with van der Waals surface area (Å²) in [7, 11) is 0. The lowest BCUT2D eigenvalue weighted by Crippen LogP contribution is -2.09. The molecule has 0 aliphatic carbocycles. The number of halogens is 1. The lowest BCUT2D eigenvalue weighted by molar-refractivity contribution is 1.06. The van der Waals surface area contributed by atoms with E-state index >= 15 is 0 Å². The fraction of sp³-hybridized carbons (Fsp3) is 0.0909. The van der Waals surface area contributed by atoms with E-state index in [1.54, 1.807) is 0 Å². The molecule has 1 aromatic heterocycles. The largest absolute Gasteiger partial charge is 0.366 e. The molecule has 0 atom stereocenters. The van der Waals surface area contributed by atoms with Gasteiger partial charge in [-0.1, -0.05) is 29.8 Å². The Morgan fingerprint density at radius 2 is 2.19 bits per heavy atom. The first kappa shape index (κ1) is 10.7. The minimum atomic E-state index is -0.184. The van der Waals surface area contributed by atoms with Crippen LogP contribution in [0, 0.1) is 0 Å². The molecule has 0 spiro atoms. The molecule has 2 N–H and O–H groups in total. The summed E-state index contributed by atoms with van der Waals surface area (Å²) in [5.74, 6) is 0.531. The lowest BCUT2D eigenvalue weighted by Gasteiger charge is -2.06. The molecule has 0 aliphatic heterocycles. The van der Waals surface area contributed by atoms with Gasteiger partial charge in [0.1, 0.15) is 5.82 Å². The van der Waals surface area contributed by atoms with Gasteiger partial charge in [0.15, 0.2) is 0 Å². The summed E-state index contributed by atoms with van der Waals surface area (Å²) in [5, 5.41) is 3.72. The van der Waals surface area contributed by atoms with E-state index < -0.39 is 0 Å². The van der Waals surface area contributed by atoms with E-state index in [9.17, 15) is 4.79 Å². The standard InChI is InChI=1S/C11H10ClN3O/c12-9-4-2-1-3-8(9)6-13-10-5-11(16)15-7-14-10/h1-5,7H,6H2,(H2,13,14,15,16). The fourth-order valence-corrected chi connectivity index (χ4v) is 1.50. The van der Waals surface area contributed by atoms with Crippen LogP contribution in [0.25, 0.3) is 0 Å². The predicted molar refractivity (Wildman–Crippen MR) is 63.6 cm³/mol. The Morgan fingerprint density at radius 3 is 2.94 bits per heavy atom. The highest BCUT2D eigenvalue weighted by Gasteiger charge is 1.99. The van der Waals surface area contributed by atoms with Crippen LogP contribution in [0.4, 0.5) is 5.82 Å². The molecular weight excluding hydrogens is 226 g/mol. The Kier molecular flexibility index (Phi) is 3.22. The number of H-pyrrole nitrogens is 1. The molecule has 0 fully saturated rings. The number of aromatic amines is 1. The molecule has 1 aromatic carbocycles. The maximum absolute atomic E-state index is 11.0. The van der Waals surface area contributed by atoms with Crippen molar-refractivity contribution < 1.29 is 0 Å². The van der Waals surface area contributed by atoms with E-state index in [1.807, 2.05) is 24.3 Å². The number of benzene rings is 1. The average molecular weight is 236 g/mol. The van der Waals surface area contributed by atoms with Crippen LogP contribution in [-0.2, 0) is 6.54 Å². The summed E-state index contributed by atoms with van der Waals surface area (Å²) >= 11 is 5.99. The van der Waals surface area contributed by atoms with Crippen LogP contribution in [0.15, 0.2) is 41.5 Å². The van der Waals surface area contributed by atoms with E-state index in [4.69, 9.17) is 11.6 Å². The lowest BCUT2D eigenvalue weighted by atomic mass is 10.2. The van der Waals surface area contributed by atoms with Gasteiger partial charge in [-0.05, 0) is 11.6 Å². The second-order valence-corrected chi connectivity index (χ2v) is 3.65. The molecule has 0 unspecified atom stereocenters. The zero-order valence-corrected chi connectivity index (χ0v) is 9.16. The molecule has 0 bridgehead atoms. The summed E-state index contributed by atoms with van der Waals surface area (Å²) in [5.41, 5.74) is 0.780. The van der Waals surface area contributed by atoms with Crippen molar-refractivity contribution in [1.29, 1.82) is 0 Å². The fourth-order valence-electron chi connectivity index (χ4n) is 1.29. The van der Waals surface area contributed by atoms with Crippen LogP contribution in [0.5, 0.6) is 0 Å². The minimum absolute atomic E-state index is 0.184. The molecule has 1 heterocycles. The van der Waals surface area contributed by atoms with Crippen molar-refractivity contribution >= 4 is 17.4 Å². The molecule has 4 nitrogen and oxygen atoms in total. The van der Waals surface area contributed by atoms with Gasteiger partial charge in [-0.3, -0.25) is 4.79 Å². The average Bonchev–Trinajstić information content (AvgIpc) is 2.28. The molecule has 2 rings (SSSR count). The van der Waals surface area contributed by atoms with Crippen LogP contribution < -0.4 is 10.9 Å². The Labute approximate surface area is 97.3 Å². The van der Waals surface area contributed by atoms with Crippen LogP contribution >= 0.6 is 11.6 Å². The van der Waals surface area contributed by atoms with Crippen LogP contribution in [0.2, 0.25) is 5.02 Å². The number of hydrogen-bond acceptors (Lipinski definition) is 3. The first-order valence-corrected chi connectivity index (χ1v) is 5.15. The molecule has 5 heteroatoms. The van der Waals surface area contributed by atoms with E-state index in [1.165, 1.54) is 12.4 Å². The number of nitrogens with one attached hydrogen (secondary N) is 2. The van der Waals surface area contributed by atoms with E-state index in [-0.39, 0.29) is 5.56 Å². The third-order valence-electron chi connectivity index (χ3n) is 2.10. The van der Waals surface area contributed by atoms with Crippen molar-refractivity contribution in [2.45, 2.75) is 6.54 Å². The second-order valence-electron chi connectivity index (χ2n) is 3.24. The van der Waals surface area contributed by atoms with E-state index in [0.717, 1.165) is 5.56 Å². The van der Waals surface area contributed by atoms with Crippen molar-refractivity contribution in [3.05, 3.63) is 57.6 Å². The summed E-state index contributed by atoms with van der Waals surface area (Å²) < 4.78 is 0. The minimum Gasteiger partial charge on any atom is -0.366 e. The maximum Gasteiger partial charge on any atom is 0.252 e. The SMILES string of the molecule is O=c1cc(NCc2ccccc2Cl)nc[nH]1. The number of rotatable bonds is 3. The predicted octanol–water partition coefficient (Wildman–Crippen LogP) is 2.04. The molecule has 0 aliphatic rings. The molecule has 2 aromatic rings. The molecule has 0 saturated carbocycles. The van der Waals surface area contributed by atoms with E-state index in [0.29, 0.717) is 17.4 Å². The Balaban J connectivity index is 2.08.